The van der Waals surface area contributed by atoms with E-state index in [1.807, 2.05) is 6.07 Å². The highest BCUT2D eigenvalue weighted by atomic mass is 16.2. The molecule has 0 aromatic heterocycles. The molecule has 0 radical (unpaired) electrons. The van der Waals surface area contributed by atoms with E-state index >= 15 is 0 Å². The standard InChI is InChI=1S/C20H17N3O4/c24-17-9-8-16(19(26)22-17)23-11-13-10-14(6-7-15(13)20(23)27)21-18(25)12-4-2-1-3-5-12/h1-7,10,16H,8-9,11H2,(H,21,25)(H,22,24,26). The molecule has 2 aromatic carbocycles. The van der Waals surface area contributed by atoms with E-state index in [0.717, 1.165) is 5.56 Å². The molecular formula is C20H17N3O4. The molecule has 7 heteroatoms. The molecule has 4 amide bonds. The lowest BCUT2D eigenvalue weighted by Gasteiger charge is -2.29. The van der Waals surface area contributed by atoms with Crippen LogP contribution in [0.5, 0.6) is 0 Å². The highest BCUT2D eigenvalue weighted by Crippen LogP contribution is 2.29. The predicted octanol–water partition coefficient (Wildman–Crippen LogP) is 1.70. The Labute approximate surface area is 155 Å². The van der Waals surface area contributed by atoms with E-state index < -0.39 is 11.9 Å². The van der Waals surface area contributed by atoms with Crippen molar-refractivity contribution < 1.29 is 19.2 Å². The second-order valence-corrected chi connectivity index (χ2v) is 6.59. The number of nitrogens with zero attached hydrogens (tertiary/aromatic N) is 1. The number of benzene rings is 2. The maximum atomic E-state index is 12.7. The minimum absolute atomic E-state index is 0.217. The third-order valence-electron chi connectivity index (χ3n) is 4.82. The van der Waals surface area contributed by atoms with Gasteiger partial charge in [0, 0.05) is 29.8 Å². The molecule has 0 aliphatic carbocycles. The van der Waals surface area contributed by atoms with Crippen molar-refractivity contribution in [1.29, 1.82) is 0 Å². The third-order valence-corrected chi connectivity index (χ3v) is 4.82. The molecule has 136 valence electrons. The minimum atomic E-state index is -0.648. The first-order valence-electron chi connectivity index (χ1n) is 8.67. The van der Waals surface area contributed by atoms with Gasteiger partial charge in [-0.3, -0.25) is 24.5 Å². The van der Waals surface area contributed by atoms with E-state index in [9.17, 15) is 19.2 Å². The number of rotatable bonds is 3. The van der Waals surface area contributed by atoms with Gasteiger partial charge in [0.2, 0.25) is 11.8 Å². The number of fused-ring (bicyclic) bond motifs is 1. The summed E-state index contributed by atoms with van der Waals surface area (Å²) in [4.78, 5) is 49.8. The topological polar surface area (TPSA) is 95.6 Å². The Morgan fingerprint density at radius 2 is 1.85 bits per heavy atom. The van der Waals surface area contributed by atoms with Crippen molar-refractivity contribution >= 4 is 29.3 Å². The number of imide groups is 1. The Hall–Kier alpha value is -3.48. The Balaban J connectivity index is 1.52. The molecule has 7 nitrogen and oxygen atoms in total. The largest absolute Gasteiger partial charge is 0.322 e. The van der Waals surface area contributed by atoms with Crippen LogP contribution < -0.4 is 10.6 Å². The number of anilines is 1. The summed E-state index contributed by atoms with van der Waals surface area (Å²) in [7, 11) is 0. The number of piperidine rings is 1. The number of hydrogen-bond donors (Lipinski definition) is 2. The quantitative estimate of drug-likeness (QED) is 0.812. The normalized spacial score (nSPS) is 18.9. The Morgan fingerprint density at radius 3 is 2.59 bits per heavy atom. The monoisotopic (exact) mass is 363 g/mol. The van der Waals surface area contributed by atoms with Crippen molar-refractivity contribution in [3.8, 4) is 0 Å². The summed E-state index contributed by atoms with van der Waals surface area (Å²) in [6, 6.07) is 13.3. The molecule has 4 rings (SSSR count). The molecule has 1 fully saturated rings. The molecule has 2 heterocycles. The van der Waals surface area contributed by atoms with E-state index in [2.05, 4.69) is 10.6 Å². The van der Waals surface area contributed by atoms with Gasteiger partial charge >= 0.3 is 0 Å². The van der Waals surface area contributed by atoms with E-state index in [-0.39, 0.29) is 30.7 Å². The Bertz CT molecular complexity index is 955. The van der Waals surface area contributed by atoms with Gasteiger partial charge in [0.25, 0.3) is 11.8 Å². The lowest BCUT2D eigenvalue weighted by atomic mass is 10.0. The zero-order valence-electron chi connectivity index (χ0n) is 14.4. The van der Waals surface area contributed by atoms with E-state index in [0.29, 0.717) is 23.2 Å². The average molecular weight is 363 g/mol. The summed E-state index contributed by atoms with van der Waals surface area (Å²) in [5.41, 5.74) is 2.38. The lowest BCUT2D eigenvalue weighted by molar-refractivity contribution is -0.136. The zero-order chi connectivity index (χ0) is 19.0. The van der Waals surface area contributed by atoms with Gasteiger partial charge in [-0.2, -0.15) is 0 Å². The van der Waals surface area contributed by atoms with Crippen molar-refractivity contribution in [2.45, 2.75) is 25.4 Å². The summed E-state index contributed by atoms with van der Waals surface area (Å²) in [5.74, 6) is -1.22. The average Bonchev–Trinajstić information content (AvgIpc) is 2.98. The lowest BCUT2D eigenvalue weighted by Crippen LogP contribution is -2.52. The van der Waals surface area contributed by atoms with Gasteiger partial charge in [0.15, 0.2) is 0 Å². The molecule has 2 N–H and O–H groups in total. The summed E-state index contributed by atoms with van der Waals surface area (Å²) in [6.45, 7) is 0.273. The second-order valence-electron chi connectivity index (χ2n) is 6.59. The van der Waals surface area contributed by atoms with E-state index in [4.69, 9.17) is 0 Å². The van der Waals surface area contributed by atoms with Crippen molar-refractivity contribution in [2.75, 3.05) is 5.32 Å². The molecule has 2 aliphatic rings. The molecular weight excluding hydrogens is 346 g/mol. The van der Waals surface area contributed by atoms with Crippen molar-refractivity contribution in [3.05, 3.63) is 65.2 Å². The van der Waals surface area contributed by atoms with Crippen LogP contribution in [0.2, 0.25) is 0 Å². The van der Waals surface area contributed by atoms with Crippen LogP contribution in [0.1, 0.15) is 39.1 Å². The first-order chi connectivity index (χ1) is 13.0. The highest BCUT2D eigenvalue weighted by Gasteiger charge is 2.39. The summed E-state index contributed by atoms with van der Waals surface area (Å²) < 4.78 is 0. The van der Waals surface area contributed by atoms with Crippen LogP contribution in [0.3, 0.4) is 0 Å². The Morgan fingerprint density at radius 1 is 1.07 bits per heavy atom. The molecule has 1 unspecified atom stereocenters. The number of amides is 4. The number of hydrogen-bond acceptors (Lipinski definition) is 4. The fourth-order valence-electron chi connectivity index (χ4n) is 3.44. The van der Waals surface area contributed by atoms with Crippen molar-refractivity contribution in [1.82, 2.24) is 10.2 Å². The number of carbonyl (C=O) groups is 4. The molecule has 0 saturated carbocycles. The van der Waals surface area contributed by atoms with Crippen LogP contribution in [0.4, 0.5) is 5.69 Å². The fourth-order valence-corrected chi connectivity index (χ4v) is 3.44. The fraction of sp³-hybridized carbons (Fsp3) is 0.200. The van der Waals surface area contributed by atoms with Crippen LogP contribution in [0.15, 0.2) is 48.5 Å². The van der Waals surface area contributed by atoms with Gasteiger partial charge in [0.1, 0.15) is 6.04 Å². The van der Waals surface area contributed by atoms with Crippen LogP contribution in [0, 0.1) is 0 Å². The second kappa shape index (κ2) is 6.68. The number of carbonyl (C=O) groups excluding carboxylic acids is 4. The van der Waals surface area contributed by atoms with Crippen LogP contribution >= 0.6 is 0 Å². The summed E-state index contributed by atoms with van der Waals surface area (Å²) in [6.07, 6.45) is 0.539. The smallest absolute Gasteiger partial charge is 0.255 e. The first-order valence-corrected chi connectivity index (χ1v) is 8.67. The molecule has 1 atom stereocenters. The zero-order valence-corrected chi connectivity index (χ0v) is 14.4. The third kappa shape index (κ3) is 3.19. The van der Waals surface area contributed by atoms with E-state index in [1.54, 1.807) is 42.5 Å². The van der Waals surface area contributed by atoms with Crippen LogP contribution in [-0.2, 0) is 16.1 Å². The predicted molar refractivity (Wildman–Crippen MR) is 96.9 cm³/mol. The van der Waals surface area contributed by atoms with Gasteiger partial charge in [-0.1, -0.05) is 18.2 Å². The maximum Gasteiger partial charge on any atom is 0.255 e. The molecule has 0 spiro atoms. The molecule has 27 heavy (non-hydrogen) atoms. The molecule has 1 saturated heterocycles. The Kier molecular flexibility index (Phi) is 4.19. The number of nitrogens with one attached hydrogen (secondary N) is 2. The van der Waals surface area contributed by atoms with E-state index in [1.165, 1.54) is 4.90 Å². The van der Waals surface area contributed by atoms with Gasteiger partial charge in [-0.15, -0.1) is 0 Å². The SMILES string of the molecule is O=C1CCC(N2Cc3cc(NC(=O)c4ccccc4)ccc3C2=O)C(=O)N1. The van der Waals surface area contributed by atoms with Crippen LogP contribution in [0.25, 0.3) is 0 Å². The van der Waals surface area contributed by atoms with Crippen molar-refractivity contribution in [3.63, 3.8) is 0 Å². The highest BCUT2D eigenvalue weighted by molar-refractivity contribution is 6.07. The minimum Gasteiger partial charge on any atom is -0.322 e. The van der Waals surface area contributed by atoms with Crippen LogP contribution in [-0.4, -0.2) is 34.6 Å². The maximum absolute atomic E-state index is 12.7. The van der Waals surface area contributed by atoms with Gasteiger partial charge in [-0.25, -0.2) is 0 Å². The van der Waals surface area contributed by atoms with Gasteiger partial charge in [-0.05, 0) is 42.3 Å². The van der Waals surface area contributed by atoms with Gasteiger partial charge < -0.3 is 10.2 Å². The molecule has 0 bridgehead atoms. The van der Waals surface area contributed by atoms with Crippen molar-refractivity contribution in [2.24, 2.45) is 0 Å². The molecule has 2 aromatic rings. The summed E-state index contributed by atoms with van der Waals surface area (Å²) in [5, 5.41) is 5.10. The molecule has 2 aliphatic heterocycles. The summed E-state index contributed by atoms with van der Waals surface area (Å²) >= 11 is 0. The van der Waals surface area contributed by atoms with Gasteiger partial charge in [0.05, 0.1) is 0 Å². The first kappa shape index (κ1) is 17.0.